The number of nitrogens with zero attached hydrogens (tertiary/aromatic N) is 1. The van der Waals surface area contributed by atoms with Gasteiger partial charge in [-0.25, -0.2) is 0 Å². The highest BCUT2D eigenvalue weighted by atomic mass is 16.5. The topological polar surface area (TPSA) is 12.5 Å². The molecule has 11 heavy (non-hydrogen) atoms. The van der Waals surface area contributed by atoms with Crippen molar-refractivity contribution in [3.63, 3.8) is 0 Å². The maximum absolute atomic E-state index is 5.64. The van der Waals surface area contributed by atoms with Crippen LogP contribution in [0.3, 0.4) is 0 Å². The Morgan fingerprint density at radius 3 is 1.91 bits per heavy atom. The summed E-state index contributed by atoms with van der Waals surface area (Å²) in [6.07, 6.45) is 3.23. The molecule has 0 aromatic heterocycles. The predicted octanol–water partition coefficient (Wildman–Crippen LogP) is 1.50. The van der Waals surface area contributed by atoms with Crippen LogP contribution in [0, 0.1) is 0 Å². The minimum atomic E-state index is 0.436. The first-order chi connectivity index (χ1) is 5.09. The Balaban J connectivity index is 2.43. The lowest BCUT2D eigenvalue weighted by molar-refractivity contribution is -0.0578. The minimum Gasteiger partial charge on any atom is -0.375 e. The lowest BCUT2D eigenvalue weighted by Gasteiger charge is -2.35. The van der Waals surface area contributed by atoms with Gasteiger partial charge in [-0.2, -0.15) is 0 Å². The summed E-state index contributed by atoms with van der Waals surface area (Å²) in [7, 11) is 4.30. The van der Waals surface area contributed by atoms with E-state index >= 15 is 0 Å². The van der Waals surface area contributed by atoms with Gasteiger partial charge >= 0.3 is 0 Å². The molecule has 0 aromatic rings. The van der Waals surface area contributed by atoms with E-state index in [9.17, 15) is 0 Å². The van der Waals surface area contributed by atoms with Gasteiger partial charge in [0.2, 0.25) is 0 Å². The number of hydrogen-bond donors (Lipinski definition) is 0. The molecule has 0 radical (unpaired) electrons. The largest absolute Gasteiger partial charge is 0.375 e. The van der Waals surface area contributed by atoms with Crippen molar-refractivity contribution in [3.8, 4) is 0 Å². The smallest absolute Gasteiger partial charge is 0.0565 e. The van der Waals surface area contributed by atoms with E-state index in [1.165, 1.54) is 12.8 Å². The average molecular weight is 157 g/mol. The summed E-state index contributed by atoms with van der Waals surface area (Å²) < 4.78 is 5.64. The van der Waals surface area contributed by atoms with Crippen LogP contribution < -0.4 is 0 Å². The van der Waals surface area contributed by atoms with Crippen LogP contribution in [0.1, 0.15) is 26.7 Å². The summed E-state index contributed by atoms with van der Waals surface area (Å²) >= 11 is 0. The summed E-state index contributed by atoms with van der Waals surface area (Å²) in [5.74, 6) is 0. The third-order valence-electron chi connectivity index (χ3n) is 2.40. The molecule has 66 valence electrons. The molecule has 0 saturated carbocycles. The Bertz CT molecular complexity index is 115. The Labute approximate surface area is 69.5 Å². The van der Waals surface area contributed by atoms with E-state index in [4.69, 9.17) is 4.74 Å². The van der Waals surface area contributed by atoms with Crippen molar-refractivity contribution in [3.05, 3.63) is 0 Å². The first kappa shape index (κ1) is 9.01. The van der Waals surface area contributed by atoms with E-state index in [-0.39, 0.29) is 0 Å². The van der Waals surface area contributed by atoms with Crippen molar-refractivity contribution < 1.29 is 4.74 Å². The molecule has 0 N–H and O–H groups in total. The SMILES string of the molecule is CC1CC(N(C)C)CC(C)O1. The third-order valence-corrected chi connectivity index (χ3v) is 2.40. The summed E-state index contributed by atoms with van der Waals surface area (Å²) in [5.41, 5.74) is 0. The minimum absolute atomic E-state index is 0.436. The van der Waals surface area contributed by atoms with Gasteiger partial charge in [0.15, 0.2) is 0 Å². The molecule has 1 rings (SSSR count). The Morgan fingerprint density at radius 2 is 1.55 bits per heavy atom. The van der Waals surface area contributed by atoms with E-state index in [2.05, 4.69) is 32.8 Å². The van der Waals surface area contributed by atoms with Crippen molar-refractivity contribution in [2.75, 3.05) is 14.1 Å². The molecular formula is C9H19NO. The van der Waals surface area contributed by atoms with E-state index in [0.717, 1.165) is 0 Å². The second-order valence-electron chi connectivity index (χ2n) is 3.85. The zero-order valence-electron chi connectivity index (χ0n) is 8.00. The highest BCUT2D eigenvalue weighted by Crippen LogP contribution is 2.21. The molecule has 1 heterocycles. The van der Waals surface area contributed by atoms with E-state index < -0.39 is 0 Å². The molecule has 0 spiro atoms. The highest BCUT2D eigenvalue weighted by Gasteiger charge is 2.25. The third kappa shape index (κ3) is 2.46. The van der Waals surface area contributed by atoms with Crippen LogP contribution in [0.25, 0.3) is 0 Å². The van der Waals surface area contributed by atoms with Crippen molar-refractivity contribution in [2.45, 2.75) is 44.9 Å². The molecule has 1 aliphatic heterocycles. The summed E-state index contributed by atoms with van der Waals surface area (Å²) in [5, 5.41) is 0. The Hall–Kier alpha value is -0.0800. The lowest BCUT2D eigenvalue weighted by Crippen LogP contribution is -2.40. The van der Waals surface area contributed by atoms with Gasteiger partial charge in [0.25, 0.3) is 0 Å². The van der Waals surface area contributed by atoms with Crippen molar-refractivity contribution in [1.29, 1.82) is 0 Å². The van der Waals surface area contributed by atoms with Gasteiger partial charge in [0.1, 0.15) is 0 Å². The Morgan fingerprint density at radius 1 is 1.09 bits per heavy atom. The van der Waals surface area contributed by atoms with Gasteiger partial charge in [-0.3, -0.25) is 0 Å². The fraction of sp³-hybridized carbons (Fsp3) is 1.00. The molecule has 2 nitrogen and oxygen atoms in total. The first-order valence-corrected chi connectivity index (χ1v) is 4.41. The van der Waals surface area contributed by atoms with Crippen LogP contribution in [0.5, 0.6) is 0 Å². The van der Waals surface area contributed by atoms with E-state index in [1.54, 1.807) is 0 Å². The van der Waals surface area contributed by atoms with E-state index in [1.807, 2.05) is 0 Å². The van der Waals surface area contributed by atoms with Crippen molar-refractivity contribution in [2.24, 2.45) is 0 Å². The van der Waals surface area contributed by atoms with Crippen LogP contribution in [-0.4, -0.2) is 37.2 Å². The molecule has 1 aliphatic rings. The van der Waals surface area contributed by atoms with Crippen LogP contribution in [-0.2, 0) is 4.74 Å². The summed E-state index contributed by atoms with van der Waals surface area (Å²) in [6.45, 7) is 4.32. The number of hydrogen-bond acceptors (Lipinski definition) is 2. The number of ether oxygens (including phenoxy) is 1. The Kier molecular flexibility index (Phi) is 2.90. The van der Waals surface area contributed by atoms with Crippen molar-refractivity contribution >= 4 is 0 Å². The molecule has 1 fully saturated rings. The zero-order chi connectivity index (χ0) is 8.43. The van der Waals surface area contributed by atoms with Gasteiger partial charge in [-0.1, -0.05) is 0 Å². The summed E-state index contributed by atoms with van der Waals surface area (Å²) in [6, 6.07) is 0.716. The first-order valence-electron chi connectivity index (χ1n) is 4.41. The molecule has 2 unspecified atom stereocenters. The molecule has 0 aliphatic carbocycles. The second-order valence-corrected chi connectivity index (χ2v) is 3.85. The molecule has 2 atom stereocenters. The molecule has 0 amide bonds. The van der Waals surface area contributed by atoms with Gasteiger partial charge in [-0.05, 0) is 40.8 Å². The fourth-order valence-corrected chi connectivity index (χ4v) is 1.79. The standard InChI is InChI=1S/C9H19NO/c1-7-5-9(10(3)4)6-8(2)11-7/h7-9H,5-6H2,1-4H3. The fourth-order valence-electron chi connectivity index (χ4n) is 1.79. The van der Waals surface area contributed by atoms with E-state index in [0.29, 0.717) is 18.2 Å². The number of rotatable bonds is 1. The van der Waals surface area contributed by atoms with Gasteiger partial charge in [-0.15, -0.1) is 0 Å². The zero-order valence-corrected chi connectivity index (χ0v) is 8.00. The maximum atomic E-state index is 5.64. The molecule has 0 bridgehead atoms. The monoisotopic (exact) mass is 157 g/mol. The maximum Gasteiger partial charge on any atom is 0.0565 e. The molecule has 2 heteroatoms. The average Bonchev–Trinajstić information content (AvgIpc) is 1.85. The molecular weight excluding hydrogens is 138 g/mol. The quantitative estimate of drug-likeness (QED) is 0.572. The lowest BCUT2D eigenvalue weighted by atomic mass is 9.99. The van der Waals surface area contributed by atoms with Crippen LogP contribution >= 0.6 is 0 Å². The normalized spacial score (nSPS) is 39.5. The van der Waals surface area contributed by atoms with Crippen LogP contribution in [0.2, 0.25) is 0 Å². The molecule has 1 saturated heterocycles. The summed E-state index contributed by atoms with van der Waals surface area (Å²) in [4.78, 5) is 2.30. The molecule has 0 aromatic carbocycles. The van der Waals surface area contributed by atoms with Gasteiger partial charge in [0.05, 0.1) is 12.2 Å². The van der Waals surface area contributed by atoms with Crippen molar-refractivity contribution in [1.82, 2.24) is 4.90 Å². The predicted molar refractivity (Wildman–Crippen MR) is 46.7 cm³/mol. The van der Waals surface area contributed by atoms with Crippen LogP contribution in [0.15, 0.2) is 0 Å². The highest BCUT2D eigenvalue weighted by molar-refractivity contribution is 4.77. The van der Waals surface area contributed by atoms with Gasteiger partial charge < -0.3 is 9.64 Å². The van der Waals surface area contributed by atoms with Gasteiger partial charge in [0, 0.05) is 6.04 Å². The van der Waals surface area contributed by atoms with Crippen LogP contribution in [0.4, 0.5) is 0 Å². The second kappa shape index (κ2) is 3.55.